The van der Waals surface area contributed by atoms with E-state index in [9.17, 15) is 0 Å². The summed E-state index contributed by atoms with van der Waals surface area (Å²) in [5.41, 5.74) is 1.22. The largest absolute Gasteiger partial charge is 0.379 e. The number of thiophene rings is 1. The molecule has 2 aromatic rings. The Morgan fingerprint density at radius 1 is 1.14 bits per heavy atom. The van der Waals surface area contributed by atoms with E-state index >= 15 is 0 Å². The maximum atomic E-state index is 5.55. The van der Waals surface area contributed by atoms with Gasteiger partial charge in [0.1, 0.15) is 0 Å². The number of halogens is 1. The Hall–Kier alpha value is -1.16. The van der Waals surface area contributed by atoms with Crippen LogP contribution < -0.4 is 10.6 Å². The van der Waals surface area contributed by atoms with Gasteiger partial charge >= 0.3 is 0 Å². The molecule has 1 fully saturated rings. The van der Waals surface area contributed by atoms with Crippen LogP contribution in [0.3, 0.4) is 0 Å². The van der Waals surface area contributed by atoms with E-state index in [0.717, 1.165) is 45.4 Å². The molecule has 1 aromatic carbocycles. The first-order valence-electron chi connectivity index (χ1n) is 9.70. The van der Waals surface area contributed by atoms with Crippen LogP contribution in [0.25, 0.3) is 0 Å². The van der Waals surface area contributed by atoms with Gasteiger partial charge in [-0.15, -0.1) is 35.3 Å². The zero-order valence-electron chi connectivity index (χ0n) is 16.7. The molecule has 1 saturated heterocycles. The minimum atomic E-state index is 0. The van der Waals surface area contributed by atoms with Gasteiger partial charge < -0.3 is 15.4 Å². The summed E-state index contributed by atoms with van der Waals surface area (Å²) in [7, 11) is 0. The van der Waals surface area contributed by atoms with E-state index in [4.69, 9.17) is 9.73 Å². The van der Waals surface area contributed by atoms with Crippen molar-refractivity contribution < 1.29 is 4.74 Å². The van der Waals surface area contributed by atoms with Gasteiger partial charge in [-0.2, -0.15) is 0 Å². The molecule has 7 heteroatoms. The van der Waals surface area contributed by atoms with Crippen molar-refractivity contribution in [3.05, 3.63) is 57.8 Å². The quantitative estimate of drug-likeness (QED) is 0.335. The molecule has 2 heterocycles. The molecule has 0 spiro atoms. The van der Waals surface area contributed by atoms with Crippen molar-refractivity contribution >= 4 is 41.3 Å². The number of benzene rings is 1. The first-order valence-corrected chi connectivity index (χ1v) is 10.5. The average molecular weight is 514 g/mol. The highest BCUT2D eigenvalue weighted by Crippen LogP contribution is 2.27. The van der Waals surface area contributed by atoms with E-state index in [1.54, 1.807) is 0 Å². The van der Waals surface area contributed by atoms with Crippen molar-refractivity contribution in [3.63, 3.8) is 0 Å². The fourth-order valence-electron chi connectivity index (χ4n) is 3.22. The second-order valence-corrected chi connectivity index (χ2v) is 7.99. The highest BCUT2D eigenvalue weighted by molar-refractivity contribution is 14.0. The summed E-state index contributed by atoms with van der Waals surface area (Å²) in [5, 5.41) is 6.93. The first-order chi connectivity index (χ1) is 13.3. The molecule has 0 saturated carbocycles. The third-order valence-corrected chi connectivity index (χ3v) is 5.75. The van der Waals surface area contributed by atoms with E-state index in [0.29, 0.717) is 12.6 Å². The average Bonchev–Trinajstić information content (AvgIpc) is 3.14. The second-order valence-electron chi connectivity index (χ2n) is 6.67. The van der Waals surface area contributed by atoms with Gasteiger partial charge in [0.25, 0.3) is 0 Å². The lowest BCUT2D eigenvalue weighted by Gasteiger charge is -2.34. The van der Waals surface area contributed by atoms with Crippen molar-refractivity contribution in [1.29, 1.82) is 0 Å². The van der Waals surface area contributed by atoms with Crippen LogP contribution in [0, 0.1) is 6.92 Å². The Morgan fingerprint density at radius 2 is 1.89 bits per heavy atom. The lowest BCUT2D eigenvalue weighted by Crippen LogP contribution is -2.46. The van der Waals surface area contributed by atoms with Crippen molar-refractivity contribution in [3.8, 4) is 0 Å². The van der Waals surface area contributed by atoms with Gasteiger partial charge in [0, 0.05) is 35.9 Å². The fourth-order valence-corrected chi connectivity index (χ4v) is 4.23. The van der Waals surface area contributed by atoms with Crippen molar-refractivity contribution in [2.75, 3.05) is 39.4 Å². The number of ether oxygens (including phenoxy) is 1. The number of hydrogen-bond donors (Lipinski definition) is 2. The third-order valence-electron chi connectivity index (χ3n) is 4.65. The number of guanidine groups is 1. The number of aryl methyl sites for hydroxylation is 1. The summed E-state index contributed by atoms with van der Waals surface area (Å²) in [5.74, 6) is 0.868. The van der Waals surface area contributed by atoms with Crippen LogP contribution in [0.15, 0.2) is 47.5 Å². The Bertz CT molecular complexity index is 716. The molecule has 1 aromatic heterocycles. The van der Waals surface area contributed by atoms with Gasteiger partial charge in [0.2, 0.25) is 0 Å². The van der Waals surface area contributed by atoms with Gasteiger partial charge in [-0.1, -0.05) is 30.3 Å². The van der Waals surface area contributed by atoms with E-state index in [1.807, 2.05) is 17.4 Å². The molecule has 2 N–H and O–H groups in total. The Labute approximate surface area is 189 Å². The van der Waals surface area contributed by atoms with Gasteiger partial charge in [0.15, 0.2) is 5.96 Å². The SMILES string of the molecule is CCNC(=NCc1ccccc1)NCC(c1ccc(C)s1)N1CCOCC1.I. The molecule has 0 bridgehead atoms. The smallest absolute Gasteiger partial charge is 0.191 e. The van der Waals surface area contributed by atoms with Crippen LogP contribution in [0.1, 0.15) is 28.3 Å². The Balaban J connectivity index is 0.00000280. The zero-order chi connectivity index (χ0) is 18.9. The van der Waals surface area contributed by atoms with Crippen LogP contribution in [0.2, 0.25) is 0 Å². The summed E-state index contributed by atoms with van der Waals surface area (Å²) in [4.78, 5) is 10.0. The highest BCUT2D eigenvalue weighted by atomic mass is 127. The van der Waals surface area contributed by atoms with Gasteiger partial charge in [-0.05, 0) is 31.5 Å². The Kier molecular flexibility index (Phi) is 10.3. The number of hydrogen-bond acceptors (Lipinski definition) is 4. The molecule has 0 radical (unpaired) electrons. The Morgan fingerprint density at radius 3 is 2.54 bits per heavy atom. The molecule has 1 aliphatic heterocycles. The molecule has 154 valence electrons. The molecule has 1 unspecified atom stereocenters. The van der Waals surface area contributed by atoms with Gasteiger partial charge in [-0.3, -0.25) is 4.90 Å². The first kappa shape index (κ1) is 23.1. The molecule has 0 amide bonds. The summed E-state index contributed by atoms with van der Waals surface area (Å²) < 4.78 is 5.55. The predicted molar refractivity (Wildman–Crippen MR) is 129 cm³/mol. The second kappa shape index (κ2) is 12.4. The van der Waals surface area contributed by atoms with Crippen molar-refractivity contribution in [1.82, 2.24) is 15.5 Å². The molecule has 5 nitrogen and oxygen atoms in total. The maximum absolute atomic E-state index is 5.55. The van der Waals surface area contributed by atoms with E-state index in [2.05, 4.69) is 65.8 Å². The van der Waals surface area contributed by atoms with E-state index in [1.165, 1.54) is 15.3 Å². The molecule has 1 atom stereocenters. The molecular weight excluding hydrogens is 483 g/mol. The van der Waals surface area contributed by atoms with Crippen molar-refractivity contribution in [2.45, 2.75) is 26.4 Å². The van der Waals surface area contributed by atoms with Gasteiger partial charge in [0.05, 0.1) is 25.8 Å². The van der Waals surface area contributed by atoms with E-state index < -0.39 is 0 Å². The van der Waals surface area contributed by atoms with Gasteiger partial charge in [-0.25, -0.2) is 4.99 Å². The topological polar surface area (TPSA) is 48.9 Å². The van der Waals surface area contributed by atoms with Crippen LogP contribution in [-0.2, 0) is 11.3 Å². The predicted octanol–water partition coefficient (Wildman–Crippen LogP) is 3.80. The molecule has 1 aliphatic rings. The third kappa shape index (κ3) is 7.02. The van der Waals surface area contributed by atoms with Crippen LogP contribution in [0.4, 0.5) is 0 Å². The van der Waals surface area contributed by atoms with E-state index in [-0.39, 0.29) is 24.0 Å². The zero-order valence-corrected chi connectivity index (χ0v) is 19.8. The lowest BCUT2D eigenvalue weighted by molar-refractivity contribution is 0.0177. The van der Waals surface area contributed by atoms with Crippen LogP contribution in [-0.4, -0.2) is 50.3 Å². The van der Waals surface area contributed by atoms with Crippen molar-refractivity contribution in [2.24, 2.45) is 4.99 Å². The molecule has 3 rings (SSSR count). The number of aliphatic imine (C=N–C) groups is 1. The number of rotatable bonds is 7. The number of nitrogens with zero attached hydrogens (tertiary/aromatic N) is 2. The minimum Gasteiger partial charge on any atom is -0.379 e. The minimum absolute atomic E-state index is 0. The summed E-state index contributed by atoms with van der Waals surface area (Å²) in [6, 6.07) is 15.2. The van der Waals surface area contributed by atoms with Crippen LogP contribution >= 0.6 is 35.3 Å². The molecule has 0 aliphatic carbocycles. The summed E-state index contributed by atoms with van der Waals surface area (Å²) >= 11 is 1.88. The van der Waals surface area contributed by atoms with Crippen LogP contribution in [0.5, 0.6) is 0 Å². The lowest BCUT2D eigenvalue weighted by atomic mass is 10.2. The standard InChI is InChI=1S/C21H30N4OS.HI/c1-3-22-21(23-15-18-7-5-4-6-8-18)24-16-19(20-10-9-17(2)27-20)25-11-13-26-14-12-25;/h4-10,19H,3,11-16H2,1-2H3,(H2,22,23,24);1H. The monoisotopic (exact) mass is 514 g/mol. The molecule has 28 heavy (non-hydrogen) atoms. The fraction of sp³-hybridized carbons (Fsp3) is 0.476. The normalized spacial score (nSPS) is 16.3. The maximum Gasteiger partial charge on any atom is 0.191 e. The molecular formula is C21H31IN4OS. The number of morpholine rings is 1. The summed E-state index contributed by atoms with van der Waals surface area (Å²) in [6.07, 6.45) is 0. The number of nitrogens with one attached hydrogen (secondary N) is 2. The summed E-state index contributed by atoms with van der Waals surface area (Å²) in [6.45, 7) is 10.2. The highest BCUT2D eigenvalue weighted by Gasteiger charge is 2.24.